The number of hydrogen-bond donors (Lipinski definition) is 1. The zero-order chi connectivity index (χ0) is 30.0. The predicted octanol–water partition coefficient (Wildman–Crippen LogP) is 5.42. The van der Waals surface area contributed by atoms with E-state index in [1.54, 1.807) is 12.1 Å². The van der Waals surface area contributed by atoms with E-state index in [0.717, 1.165) is 64.1 Å². The van der Waals surface area contributed by atoms with Gasteiger partial charge in [-0.05, 0) is 105 Å². The monoisotopic (exact) mass is 596 g/mol. The minimum Gasteiger partial charge on any atom is -0.371 e. The standard InChI is InChI=1S/C35H40N4O3S/c36-25-35(29-8-4-5-9-29,28-6-2-1-3-7-28)30-18-20-38(21-19-30)22-26-23-39(24-26)31-12-16-33(17-13-31)43(41,42)32-14-10-27(11-15-32)34(37)40/h1-3,6-7,10-17,26,29-30H,4-5,8-9,18-24H2,(H2,37,40). The third-order valence-electron chi connectivity index (χ3n) is 10.1. The minimum atomic E-state index is -3.68. The van der Waals surface area contributed by atoms with Crippen molar-refractivity contribution < 1.29 is 13.2 Å². The maximum Gasteiger partial charge on any atom is 0.248 e. The molecule has 1 amide bonds. The van der Waals surface area contributed by atoms with E-state index in [2.05, 4.69) is 46.2 Å². The molecule has 43 heavy (non-hydrogen) atoms. The quantitative estimate of drug-likeness (QED) is 0.354. The van der Waals surface area contributed by atoms with Gasteiger partial charge < -0.3 is 15.5 Å². The van der Waals surface area contributed by atoms with Crippen molar-refractivity contribution in [2.75, 3.05) is 37.6 Å². The molecule has 0 bridgehead atoms. The molecule has 0 radical (unpaired) electrons. The molecule has 8 heteroatoms. The van der Waals surface area contributed by atoms with Crippen LogP contribution < -0.4 is 10.6 Å². The van der Waals surface area contributed by atoms with Crippen molar-refractivity contribution in [2.24, 2.45) is 23.5 Å². The van der Waals surface area contributed by atoms with Crippen molar-refractivity contribution in [2.45, 2.75) is 53.7 Å². The molecule has 0 spiro atoms. The Kier molecular flexibility index (Phi) is 8.30. The third kappa shape index (κ3) is 5.69. The maximum absolute atomic E-state index is 13.1. The van der Waals surface area contributed by atoms with Gasteiger partial charge in [0.2, 0.25) is 15.7 Å². The van der Waals surface area contributed by atoms with Crippen molar-refractivity contribution in [1.82, 2.24) is 4.90 Å². The highest BCUT2D eigenvalue weighted by molar-refractivity contribution is 7.91. The molecule has 1 saturated carbocycles. The summed E-state index contributed by atoms with van der Waals surface area (Å²) in [4.78, 5) is 16.6. The molecule has 2 N–H and O–H groups in total. The van der Waals surface area contributed by atoms with E-state index in [0.29, 0.717) is 17.8 Å². The molecular formula is C35H40N4O3S. The van der Waals surface area contributed by atoms with Crippen LogP contribution in [0.25, 0.3) is 0 Å². The first-order valence-corrected chi connectivity index (χ1v) is 17.0. The number of piperidine rings is 1. The smallest absolute Gasteiger partial charge is 0.248 e. The average Bonchev–Trinajstić information content (AvgIpc) is 3.56. The van der Waals surface area contributed by atoms with Crippen LogP contribution in [-0.4, -0.2) is 51.9 Å². The normalized spacial score (nSPS) is 20.3. The van der Waals surface area contributed by atoms with Crippen LogP contribution in [0.4, 0.5) is 5.69 Å². The Hall–Kier alpha value is -3.67. The predicted molar refractivity (Wildman–Crippen MR) is 167 cm³/mol. The van der Waals surface area contributed by atoms with Crippen molar-refractivity contribution >= 4 is 21.4 Å². The van der Waals surface area contributed by atoms with Gasteiger partial charge in [0, 0.05) is 36.8 Å². The van der Waals surface area contributed by atoms with Crippen LogP contribution in [0, 0.1) is 29.1 Å². The van der Waals surface area contributed by atoms with E-state index >= 15 is 0 Å². The first-order chi connectivity index (χ1) is 20.8. The SMILES string of the molecule is N#CC(c1ccccc1)(C1CCCC1)C1CCN(CC2CN(c3ccc(S(=O)(=O)c4ccc(C(N)=O)cc4)cc3)C2)CC1. The van der Waals surface area contributed by atoms with Gasteiger partial charge in [0.1, 0.15) is 0 Å². The van der Waals surface area contributed by atoms with E-state index in [1.165, 1.54) is 42.7 Å². The first-order valence-electron chi connectivity index (χ1n) is 15.5. The molecule has 2 aliphatic heterocycles. The summed E-state index contributed by atoms with van der Waals surface area (Å²) in [7, 11) is -3.68. The third-order valence-corrected chi connectivity index (χ3v) is 11.9. The molecule has 2 saturated heterocycles. The average molecular weight is 597 g/mol. The van der Waals surface area contributed by atoms with Gasteiger partial charge in [-0.3, -0.25) is 4.79 Å². The number of nitriles is 1. The van der Waals surface area contributed by atoms with Crippen molar-refractivity contribution in [3.63, 3.8) is 0 Å². The van der Waals surface area contributed by atoms with Crippen LogP contribution >= 0.6 is 0 Å². The molecule has 3 aromatic carbocycles. The van der Waals surface area contributed by atoms with Crippen molar-refractivity contribution in [3.8, 4) is 6.07 Å². The van der Waals surface area contributed by atoms with Gasteiger partial charge in [-0.1, -0.05) is 43.2 Å². The van der Waals surface area contributed by atoms with Gasteiger partial charge in [0.05, 0.1) is 21.3 Å². The summed E-state index contributed by atoms with van der Waals surface area (Å²) in [5.41, 5.74) is 7.42. The van der Waals surface area contributed by atoms with Crippen LogP contribution in [0.2, 0.25) is 0 Å². The fourth-order valence-electron chi connectivity index (χ4n) is 7.75. The van der Waals surface area contributed by atoms with E-state index in [9.17, 15) is 18.5 Å². The number of amides is 1. The second kappa shape index (κ2) is 12.1. The Morgan fingerprint density at radius 3 is 1.95 bits per heavy atom. The summed E-state index contributed by atoms with van der Waals surface area (Å²) >= 11 is 0. The number of nitrogens with zero attached hydrogens (tertiary/aromatic N) is 3. The van der Waals surface area contributed by atoms with Crippen LogP contribution in [0.3, 0.4) is 0 Å². The van der Waals surface area contributed by atoms with Crippen LogP contribution in [0.1, 0.15) is 54.4 Å². The van der Waals surface area contributed by atoms with E-state index in [1.807, 2.05) is 12.1 Å². The van der Waals surface area contributed by atoms with Gasteiger partial charge in [-0.15, -0.1) is 0 Å². The Morgan fingerprint density at radius 1 is 0.837 bits per heavy atom. The summed E-state index contributed by atoms with van der Waals surface area (Å²) < 4.78 is 26.1. The molecule has 3 aromatic rings. The molecule has 1 aliphatic carbocycles. The molecule has 2 heterocycles. The molecule has 1 atom stereocenters. The lowest BCUT2D eigenvalue weighted by Crippen LogP contribution is -2.53. The lowest BCUT2D eigenvalue weighted by molar-refractivity contribution is 0.1000. The molecule has 3 aliphatic rings. The highest BCUT2D eigenvalue weighted by atomic mass is 32.2. The summed E-state index contributed by atoms with van der Waals surface area (Å²) in [5.74, 6) is 0.843. The molecule has 0 aromatic heterocycles. The van der Waals surface area contributed by atoms with Crippen LogP contribution in [-0.2, 0) is 15.3 Å². The van der Waals surface area contributed by atoms with Crippen LogP contribution in [0.5, 0.6) is 0 Å². The van der Waals surface area contributed by atoms with Gasteiger partial charge >= 0.3 is 0 Å². The number of hydrogen-bond acceptors (Lipinski definition) is 6. The number of primary amides is 1. The lowest BCUT2D eigenvalue weighted by atomic mass is 9.60. The second-order valence-corrected chi connectivity index (χ2v) is 14.5. The number of benzene rings is 3. The Morgan fingerprint density at radius 2 is 1.40 bits per heavy atom. The van der Waals surface area contributed by atoms with Gasteiger partial charge in [0.15, 0.2) is 0 Å². The van der Waals surface area contributed by atoms with Gasteiger partial charge in [-0.25, -0.2) is 8.42 Å². The Bertz CT molecular complexity index is 1560. The number of likely N-dealkylation sites (tertiary alicyclic amines) is 1. The fraction of sp³-hybridized carbons (Fsp3) is 0.429. The van der Waals surface area contributed by atoms with Gasteiger partial charge in [-0.2, -0.15) is 5.26 Å². The van der Waals surface area contributed by atoms with E-state index in [4.69, 9.17) is 5.73 Å². The van der Waals surface area contributed by atoms with Crippen LogP contribution in [0.15, 0.2) is 88.7 Å². The summed E-state index contributed by atoms with van der Waals surface area (Å²) in [6.07, 6.45) is 6.94. The summed E-state index contributed by atoms with van der Waals surface area (Å²) in [5, 5.41) is 10.7. The summed E-state index contributed by atoms with van der Waals surface area (Å²) in [6, 6.07) is 26.3. The highest BCUT2D eigenvalue weighted by Crippen LogP contribution is 2.50. The molecule has 224 valence electrons. The van der Waals surface area contributed by atoms with E-state index in [-0.39, 0.29) is 20.8 Å². The zero-order valence-corrected chi connectivity index (χ0v) is 25.4. The lowest BCUT2D eigenvalue weighted by Gasteiger charge is -2.47. The number of anilines is 1. The number of sulfone groups is 1. The molecule has 3 fully saturated rings. The molecule has 7 nitrogen and oxygen atoms in total. The number of carbonyl (C=O) groups excluding carboxylic acids is 1. The number of carbonyl (C=O) groups is 1. The topological polar surface area (TPSA) is 108 Å². The second-order valence-electron chi connectivity index (χ2n) is 12.6. The number of nitrogens with two attached hydrogens (primary N) is 1. The zero-order valence-electron chi connectivity index (χ0n) is 24.6. The largest absolute Gasteiger partial charge is 0.371 e. The Labute approximate surface area is 255 Å². The molecule has 1 unspecified atom stereocenters. The first kappa shape index (κ1) is 29.4. The number of rotatable bonds is 9. The summed E-state index contributed by atoms with van der Waals surface area (Å²) in [6.45, 7) is 5.04. The van der Waals surface area contributed by atoms with E-state index < -0.39 is 15.7 Å². The molecular weight excluding hydrogens is 556 g/mol. The fourth-order valence-corrected chi connectivity index (χ4v) is 9.01. The van der Waals surface area contributed by atoms with Gasteiger partial charge in [0.25, 0.3) is 0 Å². The Balaban J connectivity index is 1.03. The molecule has 6 rings (SSSR count). The minimum absolute atomic E-state index is 0.136. The van der Waals surface area contributed by atoms with Crippen molar-refractivity contribution in [1.29, 1.82) is 5.26 Å². The maximum atomic E-state index is 13.1. The van der Waals surface area contributed by atoms with Crippen molar-refractivity contribution in [3.05, 3.63) is 90.0 Å². The highest BCUT2D eigenvalue weighted by Gasteiger charge is 2.48.